The fraction of sp³-hybridized carbons (Fsp3) is 0.500. The predicted octanol–water partition coefficient (Wildman–Crippen LogP) is 3.37. The zero-order valence-electron chi connectivity index (χ0n) is 10.2. The monoisotopic (exact) mass is 357 g/mol. The molecule has 96 valence electrons. The summed E-state index contributed by atoms with van der Waals surface area (Å²) < 4.78 is 0.977. The summed E-state index contributed by atoms with van der Waals surface area (Å²) in [5, 5.41) is 9.29. The lowest BCUT2D eigenvalue weighted by atomic mass is 9.78. The summed E-state index contributed by atoms with van der Waals surface area (Å²) in [6.45, 7) is 2.07. The Morgan fingerprint density at radius 2 is 1.94 bits per heavy atom. The van der Waals surface area contributed by atoms with Gasteiger partial charge >= 0.3 is 5.97 Å². The van der Waals surface area contributed by atoms with E-state index in [1.54, 1.807) is 6.07 Å². The third kappa shape index (κ3) is 2.00. The van der Waals surface area contributed by atoms with Crippen molar-refractivity contribution in [2.45, 2.75) is 25.7 Å². The second kappa shape index (κ2) is 4.40. The first-order valence-electron chi connectivity index (χ1n) is 6.38. The molecule has 1 saturated heterocycles. The minimum absolute atomic E-state index is 0.440. The molecule has 0 aromatic heterocycles. The average Bonchev–Trinajstić information content (AvgIpc) is 2.76. The van der Waals surface area contributed by atoms with Gasteiger partial charge in [0.25, 0.3) is 0 Å². The van der Waals surface area contributed by atoms with E-state index in [0.717, 1.165) is 22.3 Å². The molecule has 1 spiro atoms. The van der Waals surface area contributed by atoms with E-state index in [9.17, 15) is 9.90 Å². The highest BCUT2D eigenvalue weighted by molar-refractivity contribution is 14.1. The summed E-state index contributed by atoms with van der Waals surface area (Å²) in [5.74, 6) is -0.823. The molecule has 1 saturated carbocycles. The van der Waals surface area contributed by atoms with E-state index in [1.807, 2.05) is 12.1 Å². The van der Waals surface area contributed by atoms with Crippen molar-refractivity contribution in [2.75, 3.05) is 18.0 Å². The maximum absolute atomic E-state index is 11.3. The molecule has 1 heterocycles. The zero-order chi connectivity index (χ0) is 12.8. The standard InChI is InChI=1S/C14H16INO2/c15-10-3-4-12(11(7-10)13(17)18)16-8-14(9-16)5-1-2-6-14/h3-4,7H,1-2,5-6,8-9H2,(H,17,18). The average molecular weight is 357 g/mol. The molecule has 0 radical (unpaired) electrons. The van der Waals surface area contributed by atoms with Crippen molar-refractivity contribution >= 4 is 34.2 Å². The molecule has 3 rings (SSSR count). The number of carboxylic acids is 1. The molecule has 3 nitrogen and oxygen atoms in total. The predicted molar refractivity (Wildman–Crippen MR) is 79.2 cm³/mol. The topological polar surface area (TPSA) is 40.5 Å². The Kier molecular flexibility index (Phi) is 3.00. The Balaban J connectivity index is 1.83. The molecule has 1 aromatic rings. The molecule has 0 atom stereocenters. The highest BCUT2D eigenvalue weighted by Gasteiger charge is 2.45. The van der Waals surface area contributed by atoms with Gasteiger partial charge in [0.15, 0.2) is 0 Å². The smallest absolute Gasteiger partial charge is 0.337 e. The van der Waals surface area contributed by atoms with Crippen molar-refractivity contribution in [2.24, 2.45) is 5.41 Å². The lowest BCUT2D eigenvalue weighted by Crippen LogP contribution is -2.55. The van der Waals surface area contributed by atoms with Gasteiger partial charge in [0.2, 0.25) is 0 Å². The summed E-state index contributed by atoms with van der Waals surface area (Å²) in [6, 6.07) is 5.70. The summed E-state index contributed by atoms with van der Waals surface area (Å²) in [7, 11) is 0. The van der Waals surface area contributed by atoms with Gasteiger partial charge in [-0.1, -0.05) is 12.8 Å². The zero-order valence-corrected chi connectivity index (χ0v) is 12.3. The van der Waals surface area contributed by atoms with Crippen LogP contribution in [0.2, 0.25) is 0 Å². The van der Waals surface area contributed by atoms with Crippen molar-refractivity contribution in [1.29, 1.82) is 0 Å². The van der Waals surface area contributed by atoms with Crippen molar-refractivity contribution in [3.63, 3.8) is 0 Å². The molecule has 1 aliphatic carbocycles. The molecule has 0 bridgehead atoms. The van der Waals surface area contributed by atoms with Crippen LogP contribution in [-0.4, -0.2) is 24.2 Å². The van der Waals surface area contributed by atoms with Crippen LogP contribution in [-0.2, 0) is 0 Å². The van der Waals surface area contributed by atoms with E-state index in [1.165, 1.54) is 25.7 Å². The van der Waals surface area contributed by atoms with Gasteiger partial charge in [-0.3, -0.25) is 0 Å². The molecule has 1 aromatic carbocycles. The SMILES string of the molecule is O=C(O)c1cc(I)ccc1N1CC2(CCCC2)C1. The number of rotatable bonds is 2. The molecule has 4 heteroatoms. The second-order valence-electron chi connectivity index (χ2n) is 5.53. The normalized spacial score (nSPS) is 21.1. The first-order valence-corrected chi connectivity index (χ1v) is 7.45. The number of carbonyl (C=O) groups is 1. The quantitative estimate of drug-likeness (QED) is 0.826. The third-order valence-corrected chi connectivity index (χ3v) is 4.92. The van der Waals surface area contributed by atoms with E-state index in [0.29, 0.717) is 11.0 Å². The fourth-order valence-electron chi connectivity index (χ4n) is 3.33. The van der Waals surface area contributed by atoms with Gasteiger partial charge in [0.05, 0.1) is 11.3 Å². The molecular formula is C14H16INO2. The first-order chi connectivity index (χ1) is 8.60. The first kappa shape index (κ1) is 12.3. The number of carboxylic acid groups (broad SMARTS) is 1. The van der Waals surface area contributed by atoms with Gasteiger partial charge in [0.1, 0.15) is 0 Å². The van der Waals surface area contributed by atoms with Crippen LogP contribution >= 0.6 is 22.6 Å². The highest BCUT2D eigenvalue weighted by Crippen LogP contribution is 2.47. The van der Waals surface area contributed by atoms with Crippen LogP contribution in [0.25, 0.3) is 0 Å². The Morgan fingerprint density at radius 3 is 2.56 bits per heavy atom. The number of hydrogen-bond acceptors (Lipinski definition) is 2. The summed E-state index contributed by atoms with van der Waals surface area (Å²) in [5.41, 5.74) is 1.83. The Morgan fingerprint density at radius 1 is 1.28 bits per heavy atom. The maximum Gasteiger partial charge on any atom is 0.337 e. The van der Waals surface area contributed by atoms with Crippen molar-refractivity contribution in [3.05, 3.63) is 27.3 Å². The molecule has 0 unspecified atom stereocenters. The van der Waals surface area contributed by atoms with Crippen LogP contribution in [0.1, 0.15) is 36.0 Å². The summed E-state index contributed by atoms with van der Waals surface area (Å²) in [6.07, 6.45) is 5.31. The minimum atomic E-state index is -0.823. The second-order valence-corrected chi connectivity index (χ2v) is 6.78. The van der Waals surface area contributed by atoms with Gasteiger partial charge in [0, 0.05) is 22.1 Å². The highest BCUT2D eigenvalue weighted by atomic mass is 127. The van der Waals surface area contributed by atoms with Crippen LogP contribution in [0.3, 0.4) is 0 Å². The van der Waals surface area contributed by atoms with Crippen LogP contribution in [0.4, 0.5) is 5.69 Å². The van der Waals surface area contributed by atoms with Gasteiger partial charge in [-0.25, -0.2) is 4.79 Å². The number of hydrogen-bond donors (Lipinski definition) is 1. The van der Waals surface area contributed by atoms with Crippen molar-refractivity contribution < 1.29 is 9.90 Å². The minimum Gasteiger partial charge on any atom is -0.478 e. The van der Waals surface area contributed by atoms with Crippen molar-refractivity contribution in [1.82, 2.24) is 0 Å². The van der Waals surface area contributed by atoms with E-state index >= 15 is 0 Å². The number of nitrogens with zero attached hydrogens (tertiary/aromatic N) is 1. The lowest BCUT2D eigenvalue weighted by Gasteiger charge is -2.50. The van der Waals surface area contributed by atoms with Gasteiger partial charge < -0.3 is 10.0 Å². The van der Waals surface area contributed by atoms with Crippen molar-refractivity contribution in [3.8, 4) is 0 Å². The fourth-order valence-corrected chi connectivity index (χ4v) is 3.82. The molecule has 0 amide bonds. The lowest BCUT2D eigenvalue weighted by molar-refractivity contribution is 0.0696. The van der Waals surface area contributed by atoms with E-state index in [2.05, 4.69) is 27.5 Å². The van der Waals surface area contributed by atoms with Crippen LogP contribution < -0.4 is 4.90 Å². The summed E-state index contributed by atoms with van der Waals surface area (Å²) >= 11 is 2.16. The van der Waals surface area contributed by atoms with Gasteiger partial charge in [-0.05, 0) is 53.6 Å². The number of benzene rings is 1. The van der Waals surface area contributed by atoms with E-state index in [4.69, 9.17) is 0 Å². The van der Waals surface area contributed by atoms with E-state index < -0.39 is 5.97 Å². The molecule has 2 fully saturated rings. The summed E-state index contributed by atoms with van der Waals surface area (Å²) in [4.78, 5) is 13.5. The Labute approximate surface area is 120 Å². The molecule has 18 heavy (non-hydrogen) atoms. The number of aromatic carboxylic acids is 1. The molecular weight excluding hydrogens is 341 g/mol. The van der Waals surface area contributed by atoms with Crippen LogP contribution in [0.15, 0.2) is 18.2 Å². The Hall–Kier alpha value is -0.780. The largest absolute Gasteiger partial charge is 0.478 e. The third-order valence-electron chi connectivity index (χ3n) is 4.25. The van der Waals surface area contributed by atoms with E-state index in [-0.39, 0.29) is 0 Å². The molecule has 2 aliphatic rings. The van der Waals surface area contributed by atoms with Gasteiger partial charge in [-0.15, -0.1) is 0 Å². The number of halogens is 1. The number of anilines is 1. The molecule has 1 N–H and O–H groups in total. The molecule has 1 aliphatic heterocycles. The van der Waals surface area contributed by atoms with Gasteiger partial charge in [-0.2, -0.15) is 0 Å². The van der Waals surface area contributed by atoms with Crippen LogP contribution in [0, 0.1) is 8.99 Å². The maximum atomic E-state index is 11.3. The Bertz CT molecular complexity index is 487. The van der Waals surface area contributed by atoms with Crippen LogP contribution in [0.5, 0.6) is 0 Å².